The van der Waals surface area contributed by atoms with E-state index >= 15 is 0 Å². The largest absolute Gasteiger partial charge is 0.459 e. The predicted octanol–water partition coefficient (Wildman–Crippen LogP) is 3.36. The number of amides is 1. The second-order valence-corrected chi connectivity index (χ2v) is 5.82. The number of rotatable bonds is 5. The molecule has 1 aromatic rings. The molecule has 0 saturated carbocycles. The van der Waals surface area contributed by atoms with Gasteiger partial charge in [0.25, 0.3) is 0 Å². The SMILES string of the molecule is CCc1c(C)sc(NC(=O)CCl)c1C(=O)OC(C)C. The quantitative estimate of drug-likeness (QED) is 0.670. The molecule has 1 aromatic heterocycles. The molecule has 0 aliphatic rings. The number of anilines is 1. The molecule has 6 heteroatoms. The second-order valence-electron chi connectivity index (χ2n) is 4.33. The summed E-state index contributed by atoms with van der Waals surface area (Å²) in [5.41, 5.74) is 1.37. The molecule has 0 atom stereocenters. The number of carbonyl (C=O) groups is 2. The first-order chi connectivity index (χ1) is 8.90. The Morgan fingerprint density at radius 2 is 2.05 bits per heavy atom. The Morgan fingerprint density at radius 1 is 1.42 bits per heavy atom. The second kappa shape index (κ2) is 6.91. The molecule has 0 saturated heterocycles. The van der Waals surface area contributed by atoms with Crippen molar-refractivity contribution in [3.05, 3.63) is 16.0 Å². The molecular formula is C13H18ClNO3S. The monoisotopic (exact) mass is 303 g/mol. The Hall–Kier alpha value is -1.07. The summed E-state index contributed by atoms with van der Waals surface area (Å²) in [7, 11) is 0. The fourth-order valence-corrected chi connectivity index (χ4v) is 2.96. The van der Waals surface area contributed by atoms with Gasteiger partial charge in [-0.05, 0) is 32.8 Å². The lowest BCUT2D eigenvalue weighted by Crippen LogP contribution is -2.17. The highest BCUT2D eigenvalue weighted by molar-refractivity contribution is 7.16. The van der Waals surface area contributed by atoms with Crippen molar-refractivity contribution in [3.63, 3.8) is 0 Å². The summed E-state index contributed by atoms with van der Waals surface area (Å²) >= 11 is 6.85. The Bertz CT molecular complexity index is 482. The minimum absolute atomic E-state index is 0.142. The van der Waals surface area contributed by atoms with Crippen LogP contribution in [-0.2, 0) is 16.0 Å². The molecule has 0 aliphatic carbocycles. The molecular weight excluding hydrogens is 286 g/mol. The average Bonchev–Trinajstić information content (AvgIpc) is 2.63. The van der Waals surface area contributed by atoms with Crippen LogP contribution < -0.4 is 5.32 Å². The summed E-state index contributed by atoms with van der Waals surface area (Å²) in [6.45, 7) is 7.47. The minimum Gasteiger partial charge on any atom is -0.459 e. The minimum atomic E-state index is -0.402. The van der Waals surface area contributed by atoms with Gasteiger partial charge < -0.3 is 10.1 Å². The molecule has 0 aliphatic heterocycles. The summed E-state index contributed by atoms with van der Waals surface area (Å²) in [6.07, 6.45) is 0.510. The zero-order valence-electron chi connectivity index (χ0n) is 11.5. The van der Waals surface area contributed by atoms with Gasteiger partial charge in [0.1, 0.15) is 10.9 Å². The molecule has 0 aromatic carbocycles. The zero-order valence-corrected chi connectivity index (χ0v) is 13.1. The number of aryl methyl sites for hydroxylation is 1. The van der Waals surface area contributed by atoms with Gasteiger partial charge in [0.05, 0.1) is 11.7 Å². The highest BCUT2D eigenvalue weighted by Gasteiger charge is 2.24. The Balaban J connectivity index is 3.16. The van der Waals surface area contributed by atoms with Crippen molar-refractivity contribution in [1.29, 1.82) is 0 Å². The molecule has 0 bridgehead atoms. The number of esters is 1. The van der Waals surface area contributed by atoms with E-state index in [2.05, 4.69) is 5.32 Å². The van der Waals surface area contributed by atoms with E-state index in [9.17, 15) is 9.59 Å². The van der Waals surface area contributed by atoms with Gasteiger partial charge in [0.15, 0.2) is 0 Å². The Labute approximate surface area is 122 Å². The van der Waals surface area contributed by atoms with Crippen molar-refractivity contribution in [2.45, 2.75) is 40.2 Å². The van der Waals surface area contributed by atoms with Crippen LogP contribution in [0.25, 0.3) is 0 Å². The summed E-state index contributed by atoms with van der Waals surface area (Å²) in [4.78, 5) is 24.5. The first-order valence-electron chi connectivity index (χ1n) is 6.09. The molecule has 1 amide bonds. The van der Waals surface area contributed by atoms with Gasteiger partial charge in [-0.1, -0.05) is 6.92 Å². The summed E-state index contributed by atoms with van der Waals surface area (Å²) in [6, 6.07) is 0. The lowest BCUT2D eigenvalue weighted by molar-refractivity contribution is -0.113. The lowest BCUT2D eigenvalue weighted by Gasteiger charge is -2.10. The zero-order chi connectivity index (χ0) is 14.6. The maximum absolute atomic E-state index is 12.1. The first kappa shape index (κ1) is 16.0. The van der Waals surface area contributed by atoms with Gasteiger partial charge in [-0.2, -0.15) is 0 Å². The van der Waals surface area contributed by atoms with Crippen molar-refractivity contribution in [3.8, 4) is 0 Å². The van der Waals surface area contributed by atoms with Gasteiger partial charge in [0, 0.05) is 4.88 Å². The van der Waals surface area contributed by atoms with E-state index < -0.39 is 5.97 Å². The van der Waals surface area contributed by atoms with E-state index in [1.807, 2.05) is 13.8 Å². The number of hydrogen-bond donors (Lipinski definition) is 1. The van der Waals surface area contributed by atoms with Gasteiger partial charge in [-0.25, -0.2) is 4.79 Å². The van der Waals surface area contributed by atoms with Crippen LogP contribution >= 0.6 is 22.9 Å². The third kappa shape index (κ3) is 3.94. The van der Waals surface area contributed by atoms with E-state index in [-0.39, 0.29) is 17.9 Å². The normalized spacial score (nSPS) is 10.6. The Kier molecular flexibility index (Phi) is 5.82. The number of nitrogens with one attached hydrogen (secondary N) is 1. The van der Waals surface area contributed by atoms with E-state index in [4.69, 9.17) is 16.3 Å². The van der Waals surface area contributed by atoms with Gasteiger partial charge in [0.2, 0.25) is 5.91 Å². The third-order valence-electron chi connectivity index (χ3n) is 2.48. The van der Waals surface area contributed by atoms with Crippen LogP contribution in [0, 0.1) is 6.92 Å². The maximum atomic E-state index is 12.1. The van der Waals surface area contributed by atoms with Gasteiger partial charge in [-0.3, -0.25) is 4.79 Å². The van der Waals surface area contributed by atoms with Crippen molar-refractivity contribution < 1.29 is 14.3 Å². The summed E-state index contributed by atoms with van der Waals surface area (Å²) < 4.78 is 5.23. The van der Waals surface area contributed by atoms with E-state index in [1.54, 1.807) is 13.8 Å². The molecule has 19 heavy (non-hydrogen) atoms. The molecule has 0 fully saturated rings. The predicted molar refractivity (Wildman–Crippen MR) is 78.3 cm³/mol. The standard InChI is InChI=1S/C13H18ClNO3S/c1-5-9-8(4)19-12(15-10(16)6-14)11(9)13(17)18-7(2)3/h7H,5-6H2,1-4H3,(H,15,16). The molecule has 0 unspecified atom stereocenters. The van der Waals surface area contributed by atoms with Crippen LogP contribution in [0.3, 0.4) is 0 Å². The molecule has 4 nitrogen and oxygen atoms in total. The number of alkyl halides is 1. The molecule has 1 heterocycles. The van der Waals surface area contributed by atoms with Crippen molar-refractivity contribution in [1.82, 2.24) is 0 Å². The number of thiophene rings is 1. The van der Waals surface area contributed by atoms with E-state index in [0.29, 0.717) is 17.0 Å². The molecule has 1 rings (SSSR count). The average molecular weight is 304 g/mol. The number of halogens is 1. The molecule has 0 radical (unpaired) electrons. The molecule has 106 valence electrons. The highest BCUT2D eigenvalue weighted by atomic mass is 35.5. The highest BCUT2D eigenvalue weighted by Crippen LogP contribution is 2.34. The number of hydrogen-bond acceptors (Lipinski definition) is 4. The first-order valence-corrected chi connectivity index (χ1v) is 7.44. The summed E-state index contributed by atoms with van der Waals surface area (Å²) in [5.74, 6) is -0.873. The van der Waals surface area contributed by atoms with Crippen LogP contribution in [0.15, 0.2) is 0 Å². The van der Waals surface area contributed by atoms with Crippen LogP contribution in [-0.4, -0.2) is 23.9 Å². The number of carbonyl (C=O) groups excluding carboxylic acids is 2. The van der Waals surface area contributed by atoms with Gasteiger partial charge >= 0.3 is 5.97 Å². The number of ether oxygens (including phenoxy) is 1. The smallest absolute Gasteiger partial charge is 0.341 e. The fraction of sp³-hybridized carbons (Fsp3) is 0.538. The third-order valence-corrected chi connectivity index (χ3v) is 3.79. The fourth-order valence-electron chi connectivity index (χ4n) is 1.74. The molecule has 1 N–H and O–H groups in total. The van der Waals surface area contributed by atoms with Gasteiger partial charge in [-0.15, -0.1) is 22.9 Å². The van der Waals surface area contributed by atoms with E-state index in [0.717, 1.165) is 10.4 Å². The lowest BCUT2D eigenvalue weighted by atomic mass is 10.1. The van der Waals surface area contributed by atoms with Crippen LogP contribution in [0.2, 0.25) is 0 Å². The Morgan fingerprint density at radius 3 is 2.53 bits per heavy atom. The van der Waals surface area contributed by atoms with Crippen molar-refractivity contribution in [2.24, 2.45) is 0 Å². The van der Waals surface area contributed by atoms with Crippen LogP contribution in [0.4, 0.5) is 5.00 Å². The summed E-state index contributed by atoms with van der Waals surface area (Å²) in [5, 5.41) is 3.18. The van der Waals surface area contributed by atoms with E-state index in [1.165, 1.54) is 11.3 Å². The van der Waals surface area contributed by atoms with Crippen LogP contribution in [0.1, 0.15) is 41.6 Å². The topological polar surface area (TPSA) is 55.4 Å². The van der Waals surface area contributed by atoms with Crippen molar-refractivity contribution in [2.75, 3.05) is 11.2 Å². The molecule has 0 spiro atoms. The van der Waals surface area contributed by atoms with Crippen LogP contribution in [0.5, 0.6) is 0 Å². The van der Waals surface area contributed by atoms with Crippen molar-refractivity contribution >= 4 is 39.8 Å². The maximum Gasteiger partial charge on any atom is 0.341 e.